The maximum atomic E-state index is 8.89. The Morgan fingerprint density at radius 2 is 0.923 bits per heavy atom. The van der Waals surface area contributed by atoms with E-state index in [1.54, 1.807) is 0 Å². The molecule has 0 unspecified atom stereocenters. The summed E-state index contributed by atoms with van der Waals surface area (Å²) < 4.78 is 26.7. The monoisotopic (exact) mass is 232 g/mol. The molecule has 0 aliphatic rings. The van der Waals surface area contributed by atoms with Gasteiger partial charge in [-0.1, -0.05) is 0 Å². The molecule has 0 aliphatic heterocycles. The standard InChI is InChI=1S/2C3H9N.H2O3S2/c2*1-4(2)3;1-5(2,3)4/h2*1-3H3;(H2,1,2,3,4). The van der Waals surface area contributed by atoms with E-state index in [-0.39, 0.29) is 0 Å². The van der Waals surface area contributed by atoms with Crippen molar-refractivity contribution in [2.45, 2.75) is 0 Å². The Bertz CT molecular complexity index is 159. The van der Waals surface area contributed by atoms with Crippen LogP contribution in [0.3, 0.4) is 0 Å². The van der Waals surface area contributed by atoms with Gasteiger partial charge in [0.15, 0.2) is 0 Å². The quantitative estimate of drug-likeness (QED) is 0.455. The summed E-state index contributed by atoms with van der Waals surface area (Å²) in [6.45, 7) is 0. The molecule has 0 atom stereocenters. The summed E-state index contributed by atoms with van der Waals surface area (Å²) in [6, 6.07) is 0. The Morgan fingerprint density at radius 1 is 0.923 bits per heavy atom. The fraction of sp³-hybridized carbons (Fsp3) is 1.00. The average molecular weight is 232 g/mol. The van der Waals surface area contributed by atoms with Crippen LogP contribution < -0.4 is 9.80 Å². The van der Waals surface area contributed by atoms with Crippen LogP contribution in [0.5, 0.6) is 0 Å². The minimum absolute atomic E-state index is 1.42. The molecule has 0 rings (SSSR count). The third-order valence-electron chi connectivity index (χ3n) is 0. The van der Waals surface area contributed by atoms with E-state index in [2.05, 4.69) is 53.5 Å². The smallest absolute Gasteiger partial charge is 0.0661 e. The zero-order valence-electron chi connectivity index (χ0n) is 9.04. The van der Waals surface area contributed by atoms with Gasteiger partial charge in [-0.3, -0.25) is 4.21 Å². The van der Waals surface area contributed by atoms with Crippen LogP contribution in [0.1, 0.15) is 0 Å². The van der Waals surface area contributed by atoms with Gasteiger partial charge in [0.1, 0.15) is 0 Å². The second-order valence-electron chi connectivity index (χ2n) is 3.41. The van der Waals surface area contributed by atoms with Gasteiger partial charge in [0.25, 0.3) is 0 Å². The van der Waals surface area contributed by atoms with Gasteiger partial charge in [0, 0.05) is 0 Å². The van der Waals surface area contributed by atoms with Crippen molar-refractivity contribution in [1.29, 1.82) is 0 Å². The van der Waals surface area contributed by atoms with Crippen LogP contribution >= 0.6 is 0 Å². The van der Waals surface area contributed by atoms with E-state index in [1.165, 1.54) is 9.80 Å². The second kappa shape index (κ2) is 10.3. The summed E-state index contributed by atoms with van der Waals surface area (Å²) in [6.07, 6.45) is 0. The molecule has 0 spiro atoms. The molecule has 13 heavy (non-hydrogen) atoms. The van der Waals surface area contributed by atoms with Crippen LogP contribution in [-0.4, -0.2) is 55.6 Å². The molecule has 0 fully saturated rings. The van der Waals surface area contributed by atoms with Crippen molar-refractivity contribution >= 4 is 20.2 Å². The molecule has 2 N–H and O–H groups in total. The van der Waals surface area contributed by atoms with Crippen molar-refractivity contribution in [2.24, 2.45) is 0 Å². The molecule has 84 valence electrons. The number of hydrogen-bond acceptors (Lipinski definition) is 4. The molecule has 0 bridgehead atoms. The zero-order valence-corrected chi connectivity index (χ0v) is 10.7. The Morgan fingerprint density at radius 3 is 0.923 bits per heavy atom. The lowest BCUT2D eigenvalue weighted by Crippen LogP contribution is -3.02. The van der Waals surface area contributed by atoms with E-state index in [4.69, 9.17) is 13.3 Å². The first kappa shape index (κ1) is 18.9. The molecule has 0 saturated heterocycles. The van der Waals surface area contributed by atoms with Gasteiger partial charge in [-0.15, -0.1) is 9.05 Å². The highest BCUT2D eigenvalue weighted by molar-refractivity contribution is 8.26. The molecule has 0 aromatic rings. The Kier molecular flexibility index (Phi) is 15.0. The Hall–Kier alpha value is 0.210. The number of hydrogen-bond donors (Lipinski definition) is 2. The van der Waals surface area contributed by atoms with E-state index in [0.29, 0.717) is 0 Å². The number of rotatable bonds is 0. The fourth-order valence-corrected chi connectivity index (χ4v) is 0. The molecule has 0 aromatic carbocycles. The molecule has 0 aromatic heterocycles. The molecule has 0 heterocycles. The predicted octanol–water partition coefficient (Wildman–Crippen LogP) is -3.49. The van der Waals surface area contributed by atoms with Crippen molar-refractivity contribution < 1.29 is 23.1 Å². The first-order valence-electron chi connectivity index (χ1n) is 3.67. The van der Waals surface area contributed by atoms with Gasteiger partial charge >= 0.3 is 0 Å². The van der Waals surface area contributed by atoms with Crippen LogP contribution in [-0.2, 0) is 20.2 Å². The van der Waals surface area contributed by atoms with Gasteiger partial charge in [0.05, 0.1) is 42.3 Å². The van der Waals surface area contributed by atoms with Crippen LogP contribution in [0.4, 0.5) is 0 Å². The first-order chi connectivity index (χ1) is 5.46. The van der Waals surface area contributed by atoms with Crippen LogP contribution in [0.25, 0.3) is 0 Å². The summed E-state index contributed by atoms with van der Waals surface area (Å²) >= 11 is 3.24. The average Bonchev–Trinajstić information content (AvgIpc) is 1.50. The van der Waals surface area contributed by atoms with Gasteiger partial charge < -0.3 is 18.9 Å². The highest BCUT2D eigenvalue weighted by Gasteiger charge is 1.61. The lowest BCUT2D eigenvalue weighted by molar-refractivity contribution is -0.836. The lowest BCUT2D eigenvalue weighted by atomic mass is 11.0. The van der Waals surface area contributed by atoms with E-state index in [0.717, 1.165) is 0 Å². The van der Waals surface area contributed by atoms with Crippen molar-refractivity contribution in [3.63, 3.8) is 0 Å². The van der Waals surface area contributed by atoms with E-state index < -0.39 is 9.05 Å². The SMILES string of the molecule is C[NH+](C)C.C[NH+](C)C.O=S([O-])([O-])=S. The summed E-state index contributed by atoms with van der Waals surface area (Å²) in [5.41, 5.74) is 0. The van der Waals surface area contributed by atoms with E-state index >= 15 is 0 Å². The summed E-state index contributed by atoms with van der Waals surface area (Å²) in [7, 11) is 8.17. The molecule has 0 saturated carbocycles. The van der Waals surface area contributed by atoms with Gasteiger partial charge in [0.2, 0.25) is 0 Å². The number of quaternary nitrogens is 2. The van der Waals surface area contributed by atoms with Crippen LogP contribution in [0.2, 0.25) is 0 Å². The molecule has 7 heteroatoms. The third-order valence-corrected chi connectivity index (χ3v) is 0. The normalized spacial score (nSPS) is 10.0. The second-order valence-corrected chi connectivity index (χ2v) is 5.45. The summed E-state index contributed by atoms with van der Waals surface area (Å²) in [5, 5.41) is 0. The molecule has 0 aliphatic carbocycles. The highest BCUT2D eigenvalue weighted by atomic mass is 32.9. The van der Waals surface area contributed by atoms with E-state index in [1.807, 2.05) is 0 Å². The van der Waals surface area contributed by atoms with Crippen molar-refractivity contribution in [3.05, 3.63) is 0 Å². The minimum atomic E-state index is -4.33. The topological polar surface area (TPSA) is 72.1 Å². The van der Waals surface area contributed by atoms with Crippen LogP contribution in [0, 0.1) is 0 Å². The van der Waals surface area contributed by atoms with Gasteiger partial charge in [-0.25, -0.2) is 0 Å². The zero-order chi connectivity index (χ0) is 11.7. The predicted molar refractivity (Wildman–Crippen MR) is 54.5 cm³/mol. The lowest BCUT2D eigenvalue weighted by Gasteiger charge is -2.12. The van der Waals surface area contributed by atoms with Crippen LogP contribution in [0.15, 0.2) is 0 Å². The maximum Gasteiger partial charge on any atom is 0.0661 e. The molecular weight excluding hydrogens is 212 g/mol. The molecule has 0 radical (unpaired) electrons. The third kappa shape index (κ3) is 28900. The van der Waals surface area contributed by atoms with Crippen molar-refractivity contribution in [3.8, 4) is 0 Å². The van der Waals surface area contributed by atoms with Gasteiger partial charge in [-0.05, 0) is 11.2 Å². The maximum absolute atomic E-state index is 8.89. The first-order valence-corrected chi connectivity index (χ1v) is 6.00. The highest BCUT2D eigenvalue weighted by Crippen LogP contribution is 1.60. The fourth-order valence-electron chi connectivity index (χ4n) is 0. The molecule has 0 amide bonds. The number of nitrogens with one attached hydrogen (secondary N) is 2. The Labute approximate surface area is 86.1 Å². The van der Waals surface area contributed by atoms with Crippen molar-refractivity contribution in [1.82, 2.24) is 0 Å². The molecular formula is C6H20N2O3S2. The van der Waals surface area contributed by atoms with Crippen molar-refractivity contribution in [2.75, 3.05) is 42.3 Å². The Balaban J connectivity index is -0.000000117. The van der Waals surface area contributed by atoms with Gasteiger partial charge in [-0.2, -0.15) is 0 Å². The van der Waals surface area contributed by atoms with E-state index in [9.17, 15) is 0 Å². The summed E-state index contributed by atoms with van der Waals surface area (Å²) in [4.78, 5) is 2.83. The minimum Gasteiger partial charge on any atom is -0.780 e. The largest absolute Gasteiger partial charge is 0.780 e. The molecule has 5 nitrogen and oxygen atoms in total. The summed E-state index contributed by atoms with van der Waals surface area (Å²) in [5.74, 6) is 0.